The first-order chi connectivity index (χ1) is 9.94. The summed E-state index contributed by atoms with van der Waals surface area (Å²) in [6.45, 7) is 5.06. The lowest BCUT2D eigenvalue weighted by atomic mass is 10.2. The Hall–Kier alpha value is -1.79. The summed E-state index contributed by atoms with van der Waals surface area (Å²) in [5.74, 6) is -2.06. The van der Waals surface area contributed by atoms with Crippen LogP contribution in [0.2, 0.25) is 0 Å². The van der Waals surface area contributed by atoms with Gasteiger partial charge in [0.2, 0.25) is 0 Å². The van der Waals surface area contributed by atoms with Crippen LogP contribution < -0.4 is 4.74 Å². The molecule has 1 aromatic rings. The molecule has 0 fully saturated rings. The molecule has 1 aromatic carbocycles. The molecular formula is C14H20ClNO5. The Kier molecular flexibility index (Phi) is 10.0. The lowest BCUT2D eigenvalue weighted by Crippen LogP contribution is -2.24. The predicted octanol–water partition coefficient (Wildman–Crippen LogP) is 1.91. The zero-order valence-electron chi connectivity index (χ0n) is 12.1. The van der Waals surface area contributed by atoms with Gasteiger partial charge in [0.15, 0.2) is 0 Å². The maximum atomic E-state index is 9.10. The van der Waals surface area contributed by atoms with Crippen molar-refractivity contribution >= 4 is 23.5 Å². The Morgan fingerprint density at radius 1 is 1.19 bits per heavy atom. The zero-order chi connectivity index (χ0) is 16.3. The van der Waals surface area contributed by atoms with E-state index in [4.69, 9.17) is 36.1 Å². The summed E-state index contributed by atoms with van der Waals surface area (Å²) in [4.78, 5) is 20.5. The van der Waals surface area contributed by atoms with Gasteiger partial charge >= 0.3 is 11.9 Å². The van der Waals surface area contributed by atoms with Gasteiger partial charge in [-0.15, -0.1) is 11.6 Å². The van der Waals surface area contributed by atoms with Crippen LogP contribution in [0.3, 0.4) is 0 Å². The molecule has 0 atom stereocenters. The Labute approximate surface area is 128 Å². The Balaban J connectivity index is 0.000000567. The van der Waals surface area contributed by atoms with Gasteiger partial charge in [-0.3, -0.25) is 4.90 Å². The van der Waals surface area contributed by atoms with Gasteiger partial charge in [0.1, 0.15) is 5.75 Å². The smallest absolute Gasteiger partial charge is 0.414 e. The normalized spacial score (nSPS) is 9.71. The summed E-state index contributed by atoms with van der Waals surface area (Å²) in [5, 5.41) is 14.8. The van der Waals surface area contributed by atoms with E-state index in [9.17, 15) is 0 Å². The highest BCUT2D eigenvalue weighted by atomic mass is 35.5. The number of benzene rings is 1. The van der Waals surface area contributed by atoms with Crippen molar-refractivity contribution in [1.82, 2.24) is 4.90 Å². The third-order valence-electron chi connectivity index (χ3n) is 2.60. The first-order valence-corrected chi connectivity index (χ1v) is 6.85. The molecule has 21 heavy (non-hydrogen) atoms. The number of methoxy groups -OCH3 is 1. The maximum Gasteiger partial charge on any atom is 0.414 e. The molecule has 0 spiro atoms. The molecule has 0 aromatic heterocycles. The molecule has 6 nitrogen and oxygen atoms in total. The summed E-state index contributed by atoms with van der Waals surface area (Å²) in [6, 6.07) is 8.17. The molecule has 0 unspecified atom stereocenters. The van der Waals surface area contributed by atoms with E-state index >= 15 is 0 Å². The molecule has 118 valence electrons. The minimum atomic E-state index is -1.82. The van der Waals surface area contributed by atoms with Gasteiger partial charge in [-0.05, 0) is 24.2 Å². The first kappa shape index (κ1) is 19.2. The number of carboxylic acid groups (broad SMARTS) is 2. The highest BCUT2D eigenvalue weighted by Crippen LogP contribution is 2.12. The van der Waals surface area contributed by atoms with Crippen molar-refractivity contribution in [2.75, 3.05) is 26.1 Å². The van der Waals surface area contributed by atoms with Crippen LogP contribution in [0, 0.1) is 0 Å². The SMILES string of the molecule is CCN(CCCl)Cc1ccc(OC)cc1.O=C(O)C(=O)O. The topological polar surface area (TPSA) is 87.1 Å². The molecule has 7 heteroatoms. The van der Waals surface area contributed by atoms with E-state index in [2.05, 4.69) is 24.0 Å². The van der Waals surface area contributed by atoms with Crippen molar-refractivity contribution in [3.63, 3.8) is 0 Å². The summed E-state index contributed by atoms with van der Waals surface area (Å²) in [7, 11) is 1.68. The largest absolute Gasteiger partial charge is 0.497 e. The number of halogens is 1. The van der Waals surface area contributed by atoms with Gasteiger partial charge < -0.3 is 14.9 Å². The van der Waals surface area contributed by atoms with E-state index in [1.165, 1.54) is 5.56 Å². The van der Waals surface area contributed by atoms with Crippen LogP contribution >= 0.6 is 11.6 Å². The third-order valence-corrected chi connectivity index (χ3v) is 2.77. The van der Waals surface area contributed by atoms with Crippen molar-refractivity contribution < 1.29 is 24.5 Å². The van der Waals surface area contributed by atoms with Gasteiger partial charge in [-0.1, -0.05) is 19.1 Å². The molecule has 0 aliphatic heterocycles. The van der Waals surface area contributed by atoms with Crippen LogP contribution in [0.25, 0.3) is 0 Å². The third kappa shape index (κ3) is 8.88. The van der Waals surface area contributed by atoms with Crippen molar-refractivity contribution in [2.24, 2.45) is 0 Å². The number of aliphatic carboxylic acids is 2. The van der Waals surface area contributed by atoms with Crippen molar-refractivity contribution in [2.45, 2.75) is 13.5 Å². The van der Waals surface area contributed by atoms with Crippen LogP contribution in [-0.2, 0) is 16.1 Å². The van der Waals surface area contributed by atoms with E-state index < -0.39 is 11.9 Å². The molecule has 0 heterocycles. The number of carboxylic acids is 2. The number of rotatable bonds is 6. The second kappa shape index (κ2) is 10.9. The Morgan fingerprint density at radius 2 is 1.71 bits per heavy atom. The summed E-state index contributed by atoms with van der Waals surface area (Å²) >= 11 is 5.73. The highest BCUT2D eigenvalue weighted by molar-refractivity contribution is 6.27. The lowest BCUT2D eigenvalue weighted by molar-refractivity contribution is -0.159. The molecule has 0 saturated carbocycles. The first-order valence-electron chi connectivity index (χ1n) is 6.32. The zero-order valence-corrected chi connectivity index (χ0v) is 12.8. The van der Waals surface area contributed by atoms with Gasteiger partial charge in [0.25, 0.3) is 0 Å². The monoisotopic (exact) mass is 317 g/mol. The summed E-state index contributed by atoms with van der Waals surface area (Å²) in [6.07, 6.45) is 0. The Morgan fingerprint density at radius 3 is 2.05 bits per heavy atom. The van der Waals surface area contributed by atoms with Gasteiger partial charge in [-0.2, -0.15) is 0 Å². The second-order valence-electron chi connectivity index (χ2n) is 4.02. The van der Waals surface area contributed by atoms with Crippen molar-refractivity contribution in [1.29, 1.82) is 0 Å². The molecule has 1 rings (SSSR count). The average Bonchev–Trinajstić information content (AvgIpc) is 2.48. The number of nitrogens with zero attached hydrogens (tertiary/aromatic N) is 1. The number of hydrogen-bond donors (Lipinski definition) is 2. The van der Waals surface area contributed by atoms with Gasteiger partial charge in [-0.25, -0.2) is 9.59 Å². The molecule has 0 aliphatic carbocycles. The number of ether oxygens (including phenoxy) is 1. The molecule has 0 saturated heterocycles. The fourth-order valence-corrected chi connectivity index (χ4v) is 1.70. The summed E-state index contributed by atoms with van der Waals surface area (Å²) < 4.78 is 5.11. The van der Waals surface area contributed by atoms with Crippen LogP contribution in [-0.4, -0.2) is 53.1 Å². The molecular weight excluding hydrogens is 298 g/mol. The van der Waals surface area contributed by atoms with Crippen molar-refractivity contribution in [3.05, 3.63) is 29.8 Å². The predicted molar refractivity (Wildman–Crippen MR) is 79.9 cm³/mol. The molecule has 0 radical (unpaired) electrons. The lowest BCUT2D eigenvalue weighted by Gasteiger charge is -2.18. The number of carbonyl (C=O) groups is 2. The van der Waals surface area contributed by atoms with E-state index in [-0.39, 0.29) is 0 Å². The van der Waals surface area contributed by atoms with Crippen molar-refractivity contribution in [3.8, 4) is 5.75 Å². The van der Waals surface area contributed by atoms with Crippen LogP contribution in [0.5, 0.6) is 5.75 Å². The molecule has 0 aliphatic rings. The molecule has 0 amide bonds. The minimum absolute atomic E-state index is 0.685. The van der Waals surface area contributed by atoms with E-state index in [0.717, 1.165) is 25.4 Å². The average molecular weight is 318 g/mol. The second-order valence-corrected chi connectivity index (χ2v) is 4.39. The highest BCUT2D eigenvalue weighted by Gasteiger charge is 2.04. The van der Waals surface area contributed by atoms with Crippen LogP contribution in [0.1, 0.15) is 12.5 Å². The van der Waals surface area contributed by atoms with Gasteiger partial charge in [0, 0.05) is 19.0 Å². The fraction of sp³-hybridized carbons (Fsp3) is 0.429. The number of alkyl halides is 1. The maximum absolute atomic E-state index is 9.10. The van der Waals surface area contributed by atoms with E-state index in [1.807, 2.05) is 12.1 Å². The summed E-state index contributed by atoms with van der Waals surface area (Å²) in [5.41, 5.74) is 1.29. The van der Waals surface area contributed by atoms with E-state index in [0.29, 0.717) is 5.88 Å². The van der Waals surface area contributed by atoms with Crippen LogP contribution in [0.15, 0.2) is 24.3 Å². The van der Waals surface area contributed by atoms with E-state index in [1.54, 1.807) is 7.11 Å². The van der Waals surface area contributed by atoms with Gasteiger partial charge in [0.05, 0.1) is 7.11 Å². The molecule has 0 bridgehead atoms. The standard InChI is InChI=1S/C12H18ClNO.C2H2O4/c1-3-14(9-8-13)10-11-4-6-12(15-2)7-5-11;3-1(4)2(5)6/h4-7H,3,8-10H2,1-2H3;(H,3,4)(H,5,6). The van der Waals surface area contributed by atoms with Crippen LogP contribution in [0.4, 0.5) is 0 Å². The number of hydrogen-bond acceptors (Lipinski definition) is 4. The fourth-order valence-electron chi connectivity index (χ4n) is 1.46. The Bertz CT molecular complexity index is 423. The molecule has 2 N–H and O–H groups in total. The minimum Gasteiger partial charge on any atom is -0.497 e. The quantitative estimate of drug-likeness (QED) is 0.615.